The van der Waals surface area contributed by atoms with Crippen molar-refractivity contribution in [3.8, 4) is 5.75 Å². The molecule has 2 aromatic heterocycles. The molecule has 0 amide bonds. The van der Waals surface area contributed by atoms with E-state index >= 15 is 0 Å². The summed E-state index contributed by atoms with van der Waals surface area (Å²) in [7, 11) is 0. The van der Waals surface area contributed by atoms with Gasteiger partial charge in [-0.15, -0.1) is 0 Å². The topological polar surface area (TPSA) is 52.0 Å². The van der Waals surface area contributed by atoms with Crippen molar-refractivity contribution >= 4 is 27.0 Å². The van der Waals surface area contributed by atoms with Crippen LogP contribution in [-0.4, -0.2) is 27.2 Å². The SMILES string of the molecule is Cc1ncnc2c1ccn2C1CCC(Oc2cc(Br)cc3c2CNCC3)C1. The van der Waals surface area contributed by atoms with Gasteiger partial charge in [0.25, 0.3) is 0 Å². The summed E-state index contributed by atoms with van der Waals surface area (Å²) in [6.07, 6.45) is 8.33. The molecule has 140 valence electrons. The van der Waals surface area contributed by atoms with E-state index in [1.165, 1.54) is 11.1 Å². The predicted octanol–water partition coefficient (Wildman–Crippen LogP) is 4.32. The van der Waals surface area contributed by atoms with Crippen LogP contribution in [0.2, 0.25) is 0 Å². The summed E-state index contributed by atoms with van der Waals surface area (Å²) in [6.45, 7) is 3.97. The number of aryl methyl sites for hydroxylation is 1. The summed E-state index contributed by atoms with van der Waals surface area (Å²) < 4.78 is 9.92. The highest BCUT2D eigenvalue weighted by atomic mass is 79.9. The fourth-order valence-corrected chi connectivity index (χ4v) is 4.96. The first-order chi connectivity index (χ1) is 13.2. The molecule has 5 nitrogen and oxygen atoms in total. The Morgan fingerprint density at radius 2 is 2.19 bits per heavy atom. The summed E-state index contributed by atoms with van der Waals surface area (Å²) >= 11 is 3.65. The number of benzene rings is 1. The Hall–Kier alpha value is -1.92. The first kappa shape index (κ1) is 17.2. The van der Waals surface area contributed by atoms with Gasteiger partial charge in [-0.25, -0.2) is 9.97 Å². The zero-order valence-corrected chi connectivity index (χ0v) is 17.0. The smallest absolute Gasteiger partial charge is 0.143 e. The second-order valence-electron chi connectivity index (χ2n) is 7.59. The molecule has 3 aromatic rings. The molecule has 2 unspecified atom stereocenters. The summed E-state index contributed by atoms with van der Waals surface area (Å²) in [5.41, 5.74) is 4.80. The third-order valence-corrected chi connectivity index (χ3v) is 6.35. The average Bonchev–Trinajstić information content (AvgIpc) is 3.29. The van der Waals surface area contributed by atoms with Gasteiger partial charge in [0.15, 0.2) is 0 Å². The van der Waals surface area contributed by atoms with Gasteiger partial charge in [-0.2, -0.15) is 0 Å². The molecule has 1 fully saturated rings. The maximum Gasteiger partial charge on any atom is 0.143 e. The van der Waals surface area contributed by atoms with Crippen molar-refractivity contribution in [1.29, 1.82) is 0 Å². The highest BCUT2D eigenvalue weighted by Crippen LogP contribution is 2.37. The van der Waals surface area contributed by atoms with E-state index in [2.05, 4.69) is 60.2 Å². The maximum atomic E-state index is 6.50. The van der Waals surface area contributed by atoms with Gasteiger partial charge in [0, 0.05) is 40.6 Å². The van der Waals surface area contributed by atoms with Gasteiger partial charge in [-0.1, -0.05) is 15.9 Å². The molecule has 0 saturated heterocycles. The second-order valence-corrected chi connectivity index (χ2v) is 8.51. The standard InChI is InChI=1S/C21H23BrN4O/c1-13-18-5-7-26(21(18)25-12-24-13)16-2-3-17(10-16)27-20-9-15(22)8-14-4-6-23-11-19(14)20/h5,7-9,12,16-17,23H,2-4,6,10-11H2,1H3. The van der Waals surface area contributed by atoms with Crippen LogP contribution in [0.15, 0.2) is 35.2 Å². The zero-order valence-electron chi connectivity index (χ0n) is 15.4. The predicted molar refractivity (Wildman–Crippen MR) is 109 cm³/mol. The van der Waals surface area contributed by atoms with E-state index in [0.29, 0.717) is 6.04 Å². The van der Waals surface area contributed by atoms with Crippen LogP contribution in [0.4, 0.5) is 0 Å². The van der Waals surface area contributed by atoms with Crippen LogP contribution in [0, 0.1) is 6.92 Å². The van der Waals surface area contributed by atoms with Crippen LogP contribution >= 0.6 is 15.9 Å². The largest absolute Gasteiger partial charge is 0.490 e. The molecule has 27 heavy (non-hydrogen) atoms. The Morgan fingerprint density at radius 1 is 1.26 bits per heavy atom. The zero-order chi connectivity index (χ0) is 18.4. The van der Waals surface area contributed by atoms with Gasteiger partial charge >= 0.3 is 0 Å². The summed E-state index contributed by atoms with van der Waals surface area (Å²) in [5, 5.41) is 4.62. The van der Waals surface area contributed by atoms with Crippen molar-refractivity contribution in [2.75, 3.05) is 6.54 Å². The normalized spacial score (nSPS) is 22.1. The minimum Gasteiger partial charge on any atom is -0.490 e. The summed E-state index contributed by atoms with van der Waals surface area (Å²) in [6, 6.07) is 6.92. The fraction of sp³-hybridized carbons (Fsp3) is 0.429. The lowest BCUT2D eigenvalue weighted by molar-refractivity contribution is 0.201. The van der Waals surface area contributed by atoms with Gasteiger partial charge in [0.1, 0.15) is 23.8 Å². The van der Waals surface area contributed by atoms with Gasteiger partial charge in [-0.3, -0.25) is 0 Å². The Morgan fingerprint density at radius 3 is 3.11 bits per heavy atom. The number of hydrogen-bond acceptors (Lipinski definition) is 4. The first-order valence-corrected chi connectivity index (χ1v) is 10.4. The number of aromatic nitrogens is 3. The van der Waals surface area contributed by atoms with Crippen LogP contribution in [0.3, 0.4) is 0 Å². The quantitative estimate of drug-likeness (QED) is 0.677. The molecular weight excluding hydrogens is 404 g/mol. The number of nitrogens with zero attached hydrogens (tertiary/aromatic N) is 3. The van der Waals surface area contributed by atoms with Crippen molar-refractivity contribution < 1.29 is 4.74 Å². The Balaban J connectivity index is 1.37. The molecule has 6 heteroatoms. The number of fused-ring (bicyclic) bond motifs is 2. The Bertz CT molecular complexity index is 999. The molecule has 2 atom stereocenters. The molecular formula is C21H23BrN4O. The van der Waals surface area contributed by atoms with Crippen molar-refractivity contribution in [3.05, 3.63) is 52.0 Å². The minimum atomic E-state index is 0.246. The maximum absolute atomic E-state index is 6.50. The van der Waals surface area contributed by atoms with Crippen LogP contribution < -0.4 is 10.1 Å². The van der Waals surface area contributed by atoms with Gasteiger partial charge in [-0.05, 0) is 56.5 Å². The monoisotopic (exact) mass is 426 g/mol. The van der Waals surface area contributed by atoms with Crippen LogP contribution in [0.5, 0.6) is 5.75 Å². The Kier molecular flexibility index (Phi) is 4.40. The van der Waals surface area contributed by atoms with Crippen molar-refractivity contribution in [2.24, 2.45) is 0 Å². The lowest BCUT2D eigenvalue weighted by atomic mass is 10.0. The van der Waals surface area contributed by atoms with E-state index in [-0.39, 0.29) is 6.10 Å². The molecule has 0 bridgehead atoms. The van der Waals surface area contributed by atoms with Crippen molar-refractivity contribution in [1.82, 2.24) is 19.9 Å². The highest BCUT2D eigenvalue weighted by Gasteiger charge is 2.29. The minimum absolute atomic E-state index is 0.246. The third kappa shape index (κ3) is 3.15. The molecule has 1 aliphatic carbocycles. The van der Waals surface area contributed by atoms with E-state index < -0.39 is 0 Å². The van der Waals surface area contributed by atoms with E-state index in [9.17, 15) is 0 Å². The van der Waals surface area contributed by atoms with E-state index in [1.54, 1.807) is 6.33 Å². The lowest BCUT2D eigenvalue weighted by Gasteiger charge is -2.23. The molecule has 1 aromatic carbocycles. The highest BCUT2D eigenvalue weighted by molar-refractivity contribution is 9.10. The molecule has 1 N–H and O–H groups in total. The van der Waals surface area contributed by atoms with Gasteiger partial charge in [0.2, 0.25) is 0 Å². The van der Waals surface area contributed by atoms with Crippen molar-refractivity contribution in [2.45, 2.75) is 51.3 Å². The number of nitrogens with one attached hydrogen (secondary N) is 1. The van der Waals surface area contributed by atoms with Gasteiger partial charge in [0.05, 0.1) is 5.69 Å². The molecule has 1 aliphatic heterocycles. The number of ether oxygens (including phenoxy) is 1. The molecule has 0 spiro atoms. The molecule has 0 radical (unpaired) electrons. The van der Waals surface area contributed by atoms with E-state index in [4.69, 9.17) is 4.74 Å². The molecule has 5 rings (SSSR count). The van der Waals surface area contributed by atoms with Gasteiger partial charge < -0.3 is 14.6 Å². The van der Waals surface area contributed by atoms with Crippen molar-refractivity contribution in [3.63, 3.8) is 0 Å². The fourth-order valence-electron chi connectivity index (χ4n) is 4.48. The number of hydrogen-bond donors (Lipinski definition) is 1. The van der Waals surface area contributed by atoms with Crippen LogP contribution in [0.1, 0.15) is 42.1 Å². The Labute approximate surface area is 167 Å². The number of halogens is 1. The molecule has 1 saturated carbocycles. The lowest BCUT2D eigenvalue weighted by Crippen LogP contribution is -2.25. The average molecular weight is 427 g/mol. The van der Waals surface area contributed by atoms with E-state index in [1.807, 2.05) is 6.92 Å². The molecule has 2 aliphatic rings. The summed E-state index contributed by atoms with van der Waals surface area (Å²) in [5.74, 6) is 1.03. The number of rotatable bonds is 3. The first-order valence-electron chi connectivity index (χ1n) is 9.66. The third-order valence-electron chi connectivity index (χ3n) is 5.89. The second kappa shape index (κ2) is 6.91. The molecule has 3 heterocycles. The van der Waals surface area contributed by atoms with E-state index in [0.717, 1.165) is 65.7 Å². The summed E-state index contributed by atoms with van der Waals surface area (Å²) in [4.78, 5) is 8.83. The van der Waals surface area contributed by atoms with Crippen LogP contribution in [0.25, 0.3) is 11.0 Å². The van der Waals surface area contributed by atoms with Crippen LogP contribution in [-0.2, 0) is 13.0 Å².